The summed E-state index contributed by atoms with van der Waals surface area (Å²) in [6.45, 7) is 3.74. The summed E-state index contributed by atoms with van der Waals surface area (Å²) in [5.41, 5.74) is 2.27. The number of fused-ring (bicyclic) bond motifs is 1. The lowest BCUT2D eigenvalue weighted by Crippen LogP contribution is -2.40. The molecule has 4 nitrogen and oxygen atoms in total. The van der Waals surface area contributed by atoms with Crippen molar-refractivity contribution in [3.05, 3.63) is 42.5 Å². The molecule has 3 rings (SSSR count). The number of H-pyrrole nitrogens is 1. The summed E-state index contributed by atoms with van der Waals surface area (Å²) in [5.74, 6) is 0.963. The second-order valence-electron chi connectivity index (χ2n) is 4.33. The highest BCUT2D eigenvalue weighted by Gasteiger charge is 2.24. The summed E-state index contributed by atoms with van der Waals surface area (Å²) < 4.78 is 5.72. The zero-order valence-corrected chi connectivity index (χ0v) is 9.76. The third-order valence-electron chi connectivity index (χ3n) is 3.08. The van der Waals surface area contributed by atoms with Crippen molar-refractivity contribution in [2.24, 2.45) is 0 Å². The van der Waals surface area contributed by atoms with Gasteiger partial charge in [-0.05, 0) is 19.1 Å². The van der Waals surface area contributed by atoms with E-state index in [-0.39, 0.29) is 0 Å². The molecule has 0 spiro atoms. The van der Waals surface area contributed by atoms with E-state index < -0.39 is 0 Å². The highest BCUT2D eigenvalue weighted by Crippen LogP contribution is 2.34. The number of hydrogen-bond donors (Lipinski definition) is 1. The van der Waals surface area contributed by atoms with Crippen molar-refractivity contribution in [2.45, 2.75) is 19.5 Å². The summed E-state index contributed by atoms with van der Waals surface area (Å²) in [7, 11) is 0. The molecule has 0 fully saturated rings. The maximum absolute atomic E-state index is 5.72. The molecule has 0 bridgehead atoms. The Labute approximate surface area is 100 Å². The molecular weight excluding hydrogens is 214 g/mol. The molecule has 0 radical (unpaired) electrons. The molecule has 0 aliphatic carbocycles. The number of aromatic nitrogens is 2. The van der Waals surface area contributed by atoms with Crippen molar-refractivity contribution in [3.63, 3.8) is 0 Å². The predicted octanol–water partition coefficient (Wildman–Crippen LogP) is 2.20. The fourth-order valence-corrected chi connectivity index (χ4v) is 2.15. The van der Waals surface area contributed by atoms with Crippen LogP contribution in [-0.2, 0) is 6.54 Å². The minimum Gasteiger partial charge on any atom is -0.489 e. The van der Waals surface area contributed by atoms with Crippen LogP contribution in [0, 0.1) is 0 Å². The molecule has 2 aromatic rings. The van der Waals surface area contributed by atoms with Gasteiger partial charge in [-0.15, -0.1) is 0 Å². The lowest BCUT2D eigenvalue weighted by molar-refractivity contribution is 0.269. The molecule has 4 heteroatoms. The Balaban J connectivity index is 1.92. The van der Waals surface area contributed by atoms with Gasteiger partial charge in [-0.25, -0.2) is 4.98 Å². The summed E-state index contributed by atoms with van der Waals surface area (Å²) >= 11 is 0. The van der Waals surface area contributed by atoms with E-state index in [1.165, 1.54) is 0 Å². The van der Waals surface area contributed by atoms with E-state index in [0.29, 0.717) is 6.04 Å². The first kappa shape index (κ1) is 10.2. The molecule has 0 saturated carbocycles. The van der Waals surface area contributed by atoms with Gasteiger partial charge in [-0.2, -0.15) is 0 Å². The number of benzene rings is 1. The summed E-state index contributed by atoms with van der Waals surface area (Å²) in [5, 5.41) is 0. The topological polar surface area (TPSA) is 41.1 Å². The molecule has 1 aliphatic heterocycles. The molecular formula is C13H15N3O. The molecule has 1 atom stereocenters. The average molecular weight is 229 g/mol. The van der Waals surface area contributed by atoms with Crippen molar-refractivity contribution in [1.29, 1.82) is 0 Å². The third kappa shape index (κ3) is 1.86. The number of nitrogens with zero attached hydrogens (tertiary/aromatic N) is 2. The van der Waals surface area contributed by atoms with E-state index in [2.05, 4.69) is 27.9 Å². The van der Waals surface area contributed by atoms with Gasteiger partial charge in [-0.1, -0.05) is 12.1 Å². The van der Waals surface area contributed by atoms with Crippen molar-refractivity contribution in [2.75, 3.05) is 11.5 Å². The molecule has 0 amide bonds. The van der Waals surface area contributed by atoms with Crippen LogP contribution >= 0.6 is 0 Å². The summed E-state index contributed by atoms with van der Waals surface area (Å²) in [6, 6.07) is 8.53. The highest BCUT2D eigenvalue weighted by molar-refractivity contribution is 5.60. The fraction of sp³-hybridized carbons (Fsp3) is 0.308. The first-order chi connectivity index (χ1) is 8.34. The molecule has 88 valence electrons. The smallest absolute Gasteiger partial charge is 0.142 e. The molecule has 1 aromatic carbocycles. The van der Waals surface area contributed by atoms with E-state index in [1.54, 1.807) is 6.33 Å². The van der Waals surface area contributed by atoms with Gasteiger partial charge in [0.2, 0.25) is 0 Å². The van der Waals surface area contributed by atoms with Crippen LogP contribution in [0.25, 0.3) is 0 Å². The number of para-hydroxylation sites is 2. The second-order valence-corrected chi connectivity index (χ2v) is 4.33. The Morgan fingerprint density at radius 1 is 1.47 bits per heavy atom. The molecule has 1 N–H and O–H groups in total. The Bertz CT molecular complexity index is 495. The quantitative estimate of drug-likeness (QED) is 0.858. The van der Waals surface area contributed by atoms with Crippen LogP contribution in [0.2, 0.25) is 0 Å². The number of nitrogens with one attached hydrogen (secondary N) is 1. The zero-order valence-electron chi connectivity index (χ0n) is 9.76. The predicted molar refractivity (Wildman–Crippen MR) is 66.2 cm³/mol. The van der Waals surface area contributed by atoms with E-state index in [1.807, 2.05) is 24.4 Å². The number of imidazole rings is 1. The second kappa shape index (κ2) is 4.13. The number of ether oxygens (including phenoxy) is 1. The molecule has 0 saturated heterocycles. The van der Waals surface area contributed by atoms with Crippen molar-refractivity contribution >= 4 is 5.69 Å². The summed E-state index contributed by atoms with van der Waals surface area (Å²) in [4.78, 5) is 9.54. The van der Waals surface area contributed by atoms with Gasteiger partial charge in [-0.3, -0.25) is 0 Å². The van der Waals surface area contributed by atoms with Crippen molar-refractivity contribution in [3.8, 4) is 5.75 Å². The van der Waals surface area contributed by atoms with Crippen LogP contribution < -0.4 is 9.64 Å². The first-order valence-electron chi connectivity index (χ1n) is 5.80. The fourth-order valence-electron chi connectivity index (χ4n) is 2.15. The van der Waals surface area contributed by atoms with Gasteiger partial charge in [0.25, 0.3) is 0 Å². The molecule has 1 unspecified atom stereocenters. The van der Waals surface area contributed by atoms with Crippen LogP contribution in [-0.4, -0.2) is 22.6 Å². The molecule has 1 aliphatic rings. The zero-order chi connectivity index (χ0) is 11.7. The number of rotatable bonds is 2. The van der Waals surface area contributed by atoms with Gasteiger partial charge in [0.15, 0.2) is 0 Å². The number of aromatic amines is 1. The Morgan fingerprint density at radius 2 is 2.35 bits per heavy atom. The normalized spacial score (nSPS) is 18.6. The van der Waals surface area contributed by atoms with E-state index in [0.717, 1.165) is 30.3 Å². The van der Waals surface area contributed by atoms with Crippen LogP contribution in [0.4, 0.5) is 5.69 Å². The van der Waals surface area contributed by atoms with E-state index >= 15 is 0 Å². The van der Waals surface area contributed by atoms with Crippen LogP contribution in [0.15, 0.2) is 36.8 Å². The lowest BCUT2D eigenvalue weighted by Gasteiger charge is -2.36. The largest absolute Gasteiger partial charge is 0.489 e. The van der Waals surface area contributed by atoms with E-state index in [4.69, 9.17) is 4.74 Å². The van der Waals surface area contributed by atoms with Crippen molar-refractivity contribution in [1.82, 2.24) is 9.97 Å². The number of hydrogen-bond acceptors (Lipinski definition) is 3. The minimum atomic E-state index is 0.369. The highest BCUT2D eigenvalue weighted by atomic mass is 16.5. The van der Waals surface area contributed by atoms with Gasteiger partial charge in [0, 0.05) is 6.20 Å². The van der Waals surface area contributed by atoms with E-state index in [9.17, 15) is 0 Å². The minimum absolute atomic E-state index is 0.369. The first-order valence-corrected chi connectivity index (χ1v) is 5.80. The Hall–Kier alpha value is -1.97. The maximum atomic E-state index is 5.72. The lowest BCUT2D eigenvalue weighted by atomic mass is 10.1. The van der Waals surface area contributed by atoms with Gasteiger partial charge >= 0.3 is 0 Å². The average Bonchev–Trinajstić information content (AvgIpc) is 2.86. The van der Waals surface area contributed by atoms with Crippen LogP contribution in [0.5, 0.6) is 5.75 Å². The Morgan fingerprint density at radius 3 is 3.18 bits per heavy atom. The van der Waals surface area contributed by atoms with Crippen LogP contribution in [0.1, 0.15) is 12.6 Å². The molecule has 1 aromatic heterocycles. The molecule has 2 heterocycles. The maximum Gasteiger partial charge on any atom is 0.142 e. The van der Waals surface area contributed by atoms with Crippen LogP contribution in [0.3, 0.4) is 0 Å². The third-order valence-corrected chi connectivity index (χ3v) is 3.08. The molecule has 17 heavy (non-hydrogen) atoms. The number of anilines is 1. The van der Waals surface area contributed by atoms with Gasteiger partial charge in [0.1, 0.15) is 12.4 Å². The van der Waals surface area contributed by atoms with Gasteiger partial charge < -0.3 is 14.6 Å². The van der Waals surface area contributed by atoms with Gasteiger partial charge in [0.05, 0.1) is 30.3 Å². The summed E-state index contributed by atoms with van der Waals surface area (Å²) in [6.07, 6.45) is 3.58. The Kier molecular flexibility index (Phi) is 2.48. The SMILES string of the molecule is CC1COc2ccccc2N1Cc1cnc[nH]1. The van der Waals surface area contributed by atoms with Crippen molar-refractivity contribution < 1.29 is 4.74 Å². The standard InChI is InChI=1S/C13H15N3O/c1-10-8-17-13-5-3-2-4-12(13)16(10)7-11-6-14-9-15-11/h2-6,9-10H,7-8H2,1H3,(H,14,15). The monoisotopic (exact) mass is 229 g/mol.